The lowest BCUT2D eigenvalue weighted by Crippen LogP contribution is -2.49. The van der Waals surface area contributed by atoms with Crippen LogP contribution in [0.15, 0.2) is 49.1 Å². The van der Waals surface area contributed by atoms with Crippen LogP contribution in [0.5, 0.6) is 5.75 Å². The molecule has 0 bridgehead atoms. The normalized spacial score (nSPS) is 17.4. The molecule has 2 aliphatic heterocycles. The number of benzene rings is 1. The van der Waals surface area contributed by atoms with E-state index in [2.05, 4.69) is 23.0 Å². The second-order valence-corrected chi connectivity index (χ2v) is 14.8. The lowest BCUT2D eigenvalue weighted by molar-refractivity contribution is -0.0557. The fourth-order valence-corrected chi connectivity index (χ4v) is 6.82. The number of ether oxygens (including phenoxy) is 3. The van der Waals surface area contributed by atoms with Crippen molar-refractivity contribution in [3.05, 3.63) is 70.8 Å². The van der Waals surface area contributed by atoms with Crippen molar-refractivity contribution in [2.24, 2.45) is 5.41 Å². The predicted molar refractivity (Wildman–Crippen MR) is 199 cm³/mol. The highest BCUT2D eigenvalue weighted by molar-refractivity contribution is 7.59. The number of hydrogen-bond donors (Lipinski definition) is 0. The second-order valence-electron chi connectivity index (χ2n) is 14.4. The Morgan fingerprint density at radius 1 is 1.14 bits per heavy atom. The average molecular weight is 734 g/mol. The number of hydrogen-bond acceptors (Lipinski definition) is 10. The van der Waals surface area contributed by atoms with E-state index in [0.29, 0.717) is 64.8 Å². The quantitative estimate of drug-likeness (QED) is 0.182. The van der Waals surface area contributed by atoms with Gasteiger partial charge >= 0.3 is 6.09 Å². The van der Waals surface area contributed by atoms with E-state index >= 15 is 0 Å². The monoisotopic (exact) mass is 733 g/mol. The van der Waals surface area contributed by atoms with E-state index in [1.807, 2.05) is 45.9 Å². The van der Waals surface area contributed by atoms with Crippen molar-refractivity contribution in [1.29, 1.82) is 5.26 Å². The van der Waals surface area contributed by atoms with Crippen LogP contribution >= 0.6 is 25.1 Å². The Kier molecular flexibility index (Phi) is 11.5. The summed E-state index contributed by atoms with van der Waals surface area (Å²) in [4.78, 5) is 39.2. The number of piperidine rings is 1. The van der Waals surface area contributed by atoms with Gasteiger partial charge in [-0.3, -0.25) is 9.78 Å². The number of anilines is 1. The number of halogens is 1. The van der Waals surface area contributed by atoms with Gasteiger partial charge in [-0.15, -0.1) is 0 Å². The summed E-state index contributed by atoms with van der Waals surface area (Å²) < 4.78 is 19.2. The van der Waals surface area contributed by atoms with Crippen molar-refractivity contribution < 1.29 is 23.8 Å². The summed E-state index contributed by atoms with van der Waals surface area (Å²) in [5.41, 5.74) is 2.99. The number of nitriles is 1. The highest BCUT2D eigenvalue weighted by Gasteiger charge is 2.34. The third kappa shape index (κ3) is 8.75. The van der Waals surface area contributed by atoms with Crippen LogP contribution in [0.3, 0.4) is 0 Å². The molecule has 0 spiro atoms. The Labute approximate surface area is 310 Å². The minimum absolute atomic E-state index is 0. The van der Waals surface area contributed by atoms with Crippen LogP contribution in [0.2, 0.25) is 5.02 Å². The van der Waals surface area contributed by atoms with E-state index in [9.17, 15) is 14.9 Å². The van der Waals surface area contributed by atoms with E-state index in [-0.39, 0.29) is 43.5 Å². The summed E-state index contributed by atoms with van der Waals surface area (Å²) in [6.07, 6.45) is 8.01. The van der Waals surface area contributed by atoms with Crippen molar-refractivity contribution in [1.82, 2.24) is 24.5 Å². The van der Waals surface area contributed by atoms with E-state index in [0.717, 1.165) is 37.3 Å². The number of ketones is 1. The molecule has 6 rings (SSSR count). The number of nitrogens with zero attached hydrogens (tertiary/aromatic N) is 7. The SMILES string of the molecule is Cc1cccc(Cl)c1C(=O)CC1(C)CCN(c2cnc(-c3cc(OC[C@@H]4CN(C(=O)OC(C)(C)C)CCO4)cn4ncc(C#N)c34)cn2)CC1.S. The first-order valence-corrected chi connectivity index (χ1v) is 17.2. The number of morpholine rings is 1. The Balaban J connectivity index is 0.00000504. The van der Waals surface area contributed by atoms with Crippen LogP contribution in [-0.4, -0.2) is 87.5 Å². The van der Waals surface area contributed by atoms with Gasteiger partial charge in [0.15, 0.2) is 5.78 Å². The maximum Gasteiger partial charge on any atom is 0.410 e. The molecule has 0 N–H and O–H groups in total. The molecular weight excluding hydrogens is 690 g/mol. The fraction of sp³-hybridized carbons (Fsp3) is 0.459. The van der Waals surface area contributed by atoms with Crippen LogP contribution in [0.4, 0.5) is 10.6 Å². The molecule has 270 valence electrons. The van der Waals surface area contributed by atoms with E-state index in [1.165, 1.54) is 6.20 Å². The van der Waals surface area contributed by atoms with Crippen LogP contribution in [0.1, 0.15) is 68.4 Å². The van der Waals surface area contributed by atoms with Crippen molar-refractivity contribution in [2.75, 3.05) is 44.3 Å². The predicted octanol–water partition coefficient (Wildman–Crippen LogP) is 6.63. The zero-order chi connectivity index (χ0) is 35.6. The van der Waals surface area contributed by atoms with Crippen LogP contribution in [0, 0.1) is 23.7 Å². The summed E-state index contributed by atoms with van der Waals surface area (Å²) in [6, 6.07) is 9.59. The number of aryl methyl sites for hydroxylation is 1. The maximum atomic E-state index is 13.2. The van der Waals surface area contributed by atoms with Crippen LogP contribution < -0.4 is 9.64 Å². The van der Waals surface area contributed by atoms with Gasteiger partial charge in [0.2, 0.25) is 0 Å². The molecule has 0 radical (unpaired) electrons. The zero-order valence-corrected chi connectivity index (χ0v) is 31.4. The lowest BCUT2D eigenvalue weighted by atomic mass is 9.75. The summed E-state index contributed by atoms with van der Waals surface area (Å²) in [5.74, 6) is 1.32. The molecule has 0 saturated carbocycles. The third-order valence-electron chi connectivity index (χ3n) is 9.23. The van der Waals surface area contributed by atoms with Gasteiger partial charge in [0, 0.05) is 37.2 Å². The van der Waals surface area contributed by atoms with Gasteiger partial charge in [0.25, 0.3) is 0 Å². The molecule has 2 fully saturated rings. The Hall–Kier alpha value is -4.38. The molecule has 2 saturated heterocycles. The second kappa shape index (κ2) is 15.5. The molecular formula is C37H44ClN7O5S. The van der Waals surface area contributed by atoms with E-state index < -0.39 is 5.60 Å². The topological polar surface area (TPSA) is 135 Å². The summed E-state index contributed by atoms with van der Waals surface area (Å²) in [7, 11) is 0. The largest absolute Gasteiger partial charge is 0.489 e. The molecule has 12 nitrogen and oxygen atoms in total. The first-order chi connectivity index (χ1) is 23.8. The zero-order valence-electron chi connectivity index (χ0n) is 29.6. The van der Waals surface area contributed by atoms with Crippen LogP contribution in [0.25, 0.3) is 16.8 Å². The highest BCUT2D eigenvalue weighted by atomic mass is 35.5. The Bertz CT molecular complexity index is 1910. The van der Waals surface area contributed by atoms with Crippen molar-refractivity contribution in [2.45, 2.75) is 65.6 Å². The first kappa shape index (κ1) is 37.9. The number of pyridine rings is 1. The van der Waals surface area contributed by atoms with Crippen molar-refractivity contribution in [3.8, 4) is 23.1 Å². The summed E-state index contributed by atoms with van der Waals surface area (Å²) >= 11 is 6.38. The molecule has 3 aromatic heterocycles. The molecule has 1 amide bonds. The van der Waals surface area contributed by atoms with Crippen molar-refractivity contribution in [3.63, 3.8) is 0 Å². The Morgan fingerprint density at radius 3 is 2.57 bits per heavy atom. The van der Waals surface area contributed by atoms with Gasteiger partial charge in [-0.25, -0.2) is 14.3 Å². The smallest absolute Gasteiger partial charge is 0.410 e. The molecule has 1 atom stereocenters. The highest BCUT2D eigenvalue weighted by Crippen LogP contribution is 2.38. The third-order valence-corrected chi connectivity index (χ3v) is 9.55. The van der Waals surface area contributed by atoms with Gasteiger partial charge in [-0.1, -0.05) is 30.7 Å². The van der Waals surface area contributed by atoms with E-state index in [1.54, 1.807) is 34.1 Å². The minimum Gasteiger partial charge on any atom is -0.489 e. The minimum atomic E-state index is -0.589. The molecule has 0 unspecified atom stereocenters. The van der Waals surface area contributed by atoms with E-state index in [4.69, 9.17) is 35.8 Å². The van der Waals surface area contributed by atoms with Crippen LogP contribution in [-0.2, 0) is 9.47 Å². The van der Waals surface area contributed by atoms with Crippen molar-refractivity contribution >= 4 is 48.3 Å². The molecule has 0 aliphatic carbocycles. The standard InChI is InChI=1S/C37H42ClN7O5.H2S/c1-24-7-6-8-29(38)33(24)31(46)16-37(5)9-11-43(12-10-37)32-20-40-30(19-41-32)28-15-26(22-45-34(28)25(17-39)18-42-45)49-23-27-21-44(13-14-48-27)35(47)50-36(2,3)4;/h6-8,15,18-20,22,27H,9-14,16,21,23H2,1-5H3;1H2/t27-;/m0./s1. The van der Waals surface area contributed by atoms with Gasteiger partial charge in [-0.05, 0) is 63.6 Å². The summed E-state index contributed by atoms with van der Waals surface area (Å²) in [5, 5.41) is 14.7. The Morgan fingerprint density at radius 2 is 1.90 bits per heavy atom. The number of Topliss-reactive ketones (excluding diaryl/α,β-unsaturated/α-hetero) is 1. The number of amides is 1. The number of aromatic nitrogens is 4. The number of fused-ring (bicyclic) bond motifs is 1. The lowest BCUT2D eigenvalue weighted by Gasteiger charge is -2.39. The molecule has 2 aliphatic rings. The fourth-order valence-electron chi connectivity index (χ4n) is 6.49. The first-order valence-electron chi connectivity index (χ1n) is 16.8. The molecule has 1 aromatic carbocycles. The van der Waals surface area contributed by atoms with Gasteiger partial charge in [-0.2, -0.15) is 23.9 Å². The van der Waals surface area contributed by atoms with Gasteiger partial charge in [0.05, 0.1) is 59.7 Å². The molecule has 5 heterocycles. The number of rotatable bonds is 8. The summed E-state index contributed by atoms with van der Waals surface area (Å²) in [6.45, 7) is 12.4. The molecule has 4 aromatic rings. The molecule has 51 heavy (non-hydrogen) atoms. The molecule has 14 heteroatoms. The van der Waals surface area contributed by atoms with Gasteiger partial charge in [0.1, 0.15) is 35.9 Å². The number of carbonyl (C=O) groups excluding carboxylic acids is 2. The van der Waals surface area contributed by atoms with Gasteiger partial charge < -0.3 is 24.0 Å². The average Bonchev–Trinajstić information content (AvgIpc) is 3.50. The number of carbonyl (C=O) groups is 2. The maximum absolute atomic E-state index is 13.2.